The van der Waals surface area contributed by atoms with E-state index in [0.717, 1.165) is 17.7 Å². The molecule has 2 aromatic carbocycles. The van der Waals surface area contributed by atoms with Crippen LogP contribution in [0.3, 0.4) is 0 Å². The van der Waals surface area contributed by atoms with E-state index in [-0.39, 0.29) is 30.1 Å². The third-order valence-electron chi connectivity index (χ3n) is 4.41. The molecule has 4 N–H and O–H groups in total. The monoisotopic (exact) mass is 318 g/mol. The van der Waals surface area contributed by atoms with Crippen molar-refractivity contribution in [2.75, 3.05) is 12.3 Å². The van der Waals surface area contributed by atoms with Crippen LogP contribution in [0, 0.1) is 11.6 Å². The molecule has 1 aliphatic rings. The minimum absolute atomic E-state index is 0.0159. The third kappa shape index (κ3) is 3.35. The fourth-order valence-corrected chi connectivity index (χ4v) is 3.37. The molecule has 1 aliphatic heterocycles. The zero-order chi connectivity index (χ0) is 16.4. The Balaban J connectivity index is 1.85. The Bertz CT molecular complexity index is 670. The Kier molecular flexibility index (Phi) is 4.33. The van der Waals surface area contributed by atoms with E-state index in [2.05, 4.69) is 5.32 Å². The van der Waals surface area contributed by atoms with E-state index >= 15 is 0 Å². The van der Waals surface area contributed by atoms with Gasteiger partial charge in [0, 0.05) is 11.7 Å². The molecular weight excluding hydrogens is 298 g/mol. The van der Waals surface area contributed by atoms with Crippen molar-refractivity contribution >= 4 is 5.69 Å². The van der Waals surface area contributed by atoms with Crippen molar-refractivity contribution in [1.29, 1.82) is 0 Å². The van der Waals surface area contributed by atoms with E-state index in [1.54, 1.807) is 0 Å². The topological polar surface area (TPSA) is 58.3 Å². The number of aliphatic hydroxyl groups is 1. The van der Waals surface area contributed by atoms with Crippen molar-refractivity contribution in [2.45, 2.75) is 30.9 Å². The van der Waals surface area contributed by atoms with Gasteiger partial charge in [-0.1, -0.05) is 30.3 Å². The Morgan fingerprint density at radius 2 is 1.83 bits per heavy atom. The van der Waals surface area contributed by atoms with Crippen LogP contribution in [0.1, 0.15) is 24.0 Å². The molecule has 0 radical (unpaired) electrons. The van der Waals surface area contributed by atoms with Gasteiger partial charge in [-0.05, 0) is 43.5 Å². The standard InChI is InChI=1S/C18H20F2N2O/c19-15-9-13(21)10-16(20)17(15)18(23)6-7-22-14(11-18)8-12-4-2-1-3-5-12/h1-5,9-10,14,22-23H,6-8,11,21H2. The summed E-state index contributed by atoms with van der Waals surface area (Å²) in [5.74, 6) is -1.57. The Morgan fingerprint density at radius 3 is 2.48 bits per heavy atom. The first-order chi connectivity index (χ1) is 11.0. The Hall–Kier alpha value is -1.98. The molecule has 1 heterocycles. The average molecular weight is 318 g/mol. The van der Waals surface area contributed by atoms with Crippen molar-refractivity contribution in [3.63, 3.8) is 0 Å². The molecule has 122 valence electrons. The van der Waals surface area contributed by atoms with Crippen LogP contribution in [0.2, 0.25) is 0 Å². The molecule has 0 spiro atoms. The fourth-order valence-electron chi connectivity index (χ4n) is 3.37. The lowest BCUT2D eigenvalue weighted by atomic mass is 9.79. The molecule has 0 amide bonds. The highest BCUT2D eigenvalue weighted by atomic mass is 19.1. The van der Waals surface area contributed by atoms with Gasteiger partial charge in [-0.2, -0.15) is 0 Å². The molecule has 1 saturated heterocycles. The number of hydrogen-bond acceptors (Lipinski definition) is 3. The van der Waals surface area contributed by atoms with Gasteiger partial charge in [0.2, 0.25) is 0 Å². The Labute approximate surface area is 134 Å². The predicted molar refractivity (Wildman–Crippen MR) is 85.8 cm³/mol. The van der Waals surface area contributed by atoms with Crippen LogP contribution in [0.15, 0.2) is 42.5 Å². The van der Waals surface area contributed by atoms with Gasteiger partial charge >= 0.3 is 0 Å². The molecule has 0 saturated carbocycles. The summed E-state index contributed by atoms with van der Waals surface area (Å²) in [5.41, 5.74) is 4.80. The number of benzene rings is 2. The molecule has 2 unspecified atom stereocenters. The highest BCUT2D eigenvalue weighted by Gasteiger charge is 2.40. The summed E-state index contributed by atoms with van der Waals surface area (Å²) in [6, 6.07) is 11.9. The van der Waals surface area contributed by atoms with E-state index in [4.69, 9.17) is 5.73 Å². The molecule has 0 bridgehead atoms. The molecule has 2 atom stereocenters. The lowest BCUT2D eigenvalue weighted by Crippen LogP contribution is -2.48. The van der Waals surface area contributed by atoms with Crippen LogP contribution >= 0.6 is 0 Å². The maximum atomic E-state index is 14.2. The largest absolute Gasteiger partial charge is 0.399 e. The van der Waals surface area contributed by atoms with Gasteiger partial charge < -0.3 is 16.2 Å². The van der Waals surface area contributed by atoms with Crippen molar-refractivity contribution in [1.82, 2.24) is 5.32 Å². The number of hydrogen-bond donors (Lipinski definition) is 3. The van der Waals surface area contributed by atoms with E-state index in [9.17, 15) is 13.9 Å². The molecule has 2 aromatic rings. The van der Waals surface area contributed by atoms with Gasteiger partial charge in [-0.3, -0.25) is 0 Å². The van der Waals surface area contributed by atoms with Gasteiger partial charge in [0.05, 0.1) is 11.2 Å². The summed E-state index contributed by atoms with van der Waals surface area (Å²) in [6.07, 6.45) is 1.21. The number of nitrogen functional groups attached to an aromatic ring is 1. The molecule has 0 aromatic heterocycles. The van der Waals surface area contributed by atoms with E-state index < -0.39 is 17.2 Å². The third-order valence-corrected chi connectivity index (χ3v) is 4.41. The van der Waals surface area contributed by atoms with Crippen molar-refractivity contribution in [2.24, 2.45) is 0 Å². The van der Waals surface area contributed by atoms with Gasteiger partial charge in [-0.15, -0.1) is 0 Å². The first-order valence-electron chi connectivity index (χ1n) is 7.73. The maximum absolute atomic E-state index is 14.2. The number of halogens is 2. The summed E-state index contributed by atoms with van der Waals surface area (Å²) in [7, 11) is 0. The number of nitrogens with one attached hydrogen (secondary N) is 1. The second-order valence-corrected chi connectivity index (χ2v) is 6.19. The molecule has 5 heteroatoms. The van der Waals surface area contributed by atoms with Gasteiger partial charge in [0.25, 0.3) is 0 Å². The first-order valence-corrected chi connectivity index (χ1v) is 7.73. The van der Waals surface area contributed by atoms with Crippen LogP contribution in [-0.2, 0) is 12.0 Å². The second kappa shape index (κ2) is 6.26. The smallest absolute Gasteiger partial charge is 0.134 e. The molecular formula is C18H20F2N2O. The molecule has 3 nitrogen and oxygen atoms in total. The molecule has 3 rings (SSSR count). The van der Waals surface area contributed by atoms with Crippen molar-refractivity contribution in [3.8, 4) is 0 Å². The lowest BCUT2D eigenvalue weighted by molar-refractivity contribution is -0.0149. The summed E-state index contributed by atoms with van der Waals surface area (Å²) in [6.45, 7) is 0.497. The summed E-state index contributed by atoms with van der Waals surface area (Å²) in [5, 5.41) is 14.2. The van der Waals surface area contributed by atoms with E-state index in [1.165, 1.54) is 0 Å². The summed E-state index contributed by atoms with van der Waals surface area (Å²) < 4.78 is 28.4. The Morgan fingerprint density at radius 1 is 1.17 bits per heavy atom. The zero-order valence-corrected chi connectivity index (χ0v) is 12.7. The van der Waals surface area contributed by atoms with Crippen molar-refractivity contribution in [3.05, 3.63) is 65.2 Å². The highest BCUT2D eigenvalue weighted by Crippen LogP contribution is 2.37. The average Bonchev–Trinajstić information content (AvgIpc) is 2.46. The lowest BCUT2D eigenvalue weighted by Gasteiger charge is -2.38. The number of anilines is 1. The first kappa shape index (κ1) is 15.9. The SMILES string of the molecule is Nc1cc(F)c(C2(O)CCNC(Cc3ccccc3)C2)c(F)c1. The van der Waals surface area contributed by atoms with Gasteiger partial charge in [0.1, 0.15) is 11.6 Å². The van der Waals surface area contributed by atoms with Crippen LogP contribution < -0.4 is 11.1 Å². The minimum atomic E-state index is -1.52. The van der Waals surface area contributed by atoms with Crippen LogP contribution in [0.5, 0.6) is 0 Å². The van der Waals surface area contributed by atoms with Crippen LogP contribution in [0.4, 0.5) is 14.5 Å². The second-order valence-electron chi connectivity index (χ2n) is 6.19. The quantitative estimate of drug-likeness (QED) is 0.763. The molecule has 1 fully saturated rings. The summed E-state index contributed by atoms with van der Waals surface area (Å²) in [4.78, 5) is 0. The highest BCUT2D eigenvalue weighted by molar-refractivity contribution is 5.43. The van der Waals surface area contributed by atoms with E-state index in [0.29, 0.717) is 13.0 Å². The molecule has 0 aliphatic carbocycles. The van der Waals surface area contributed by atoms with Crippen LogP contribution in [0.25, 0.3) is 0 Å². The van der Waals surface area contributed by atoms with Crippen LogP contribution in [-0.4, -0.2) is 17.7 Å². The predicted octanol–water partition coefficient (Wildman–Crippen LogP) is 2.73. The molecule has 23 heavy (non-hydrogen) atoms. The maximum Gasteiger partial charge on any atom is 0.134 e. The van der Waals surface area contributed by atoms with E-state index in [1.807, 2.05) is 30.3 Å². The number of nitrogens with two attached hydrogens (primary N) is 1. The number of piperidine rings is 1. The number of rotatable bonds is 3. The normalized spacial score (nSPS) is 24.6. The fraction of sp³-hybridized carbons (Fsp3) is 0.333. The van der Waals surface area contributed by atoms with Gasteiger partial charge in [0.15, 0.2) is 0 Å². The van der Waals surface area contributed by atoms with Gasteiger partial charge in [-0.25, -0.2) is 8.78 Å². The zero-order valence-electron chi connectivity index (χ0n) is 12.7. The summed E-state index contributed by atoms with van der Waals surface area (Å²) >= 11 is 0. The van der Waals surface area contributed by atoms with Crippen molar-refractivity contribution < 1.29 is 13.9 Å². The minimum Gasteiger partial charge on any atom is -0.399 e.